The van der Waals surface area contributed by atoms with Gasteiger partial charge in [-0.15, -0.1) is 0 Å². The average molecular weight is 582 g/mol. The molecule has 0 N–H and O–H groups in total. The molecule has 2 aromatic rings. The summed E-state index contributed by atoms with van der Waals surface area (Å²) < 4.78 is 15.5. The van der Waals surface area contributed by atoms with Gasteiger partial charge in [-0.3, -0.25) is 0 Å². The Kier molecular flexibility index (Phi) is 14.4. The van der Waals surface area contributed by atoms with Crippen molar-refractivity contribution in [2.24, 2.45) is 0 Å². The van der Waals surface area contributed by atoms with Crippen molar-refractivity contribution in [3.63, 3.8) is 0 Å². The van der Waals surface area contributed by atoms with Crippen LogP contribution in [-0.4, -0.2) is 21.0 Å². The molecule has 2 rings (SSSR count). The monoisotopic (exact) mass is 581 g/mol. The summed E-state index contributed by atoms with van der Waals surface area (Å²) in [5, 5.41) is 0. The van der Waals surface area contributed by atoms with Crippen LogP contribution in [0.4, 0.5) is 0 Å². The number of rotatable bonds is 18. The Hall–Kier alpha value is -0.853. The second kappa shape index (κ2) is 16.7. The molecule has 0 fully saturated rings. The van der Waals surface area contributed by atoms with Gasteiger partial charge in [0, 0.05) is 0 Å². The predicted molar refractivity (Wildman–Crippen MR) is 140 cm³/mol. The van der Waals surface area contributed by atoms with Crippen molar-refractivity contribution in [1.82, 2.24) is 0 Å². The van der Waals surface area contributed by atoms with Crippen LogP contribution in [-0.2, 0) is 4.43 Å². The lowest BCUT2D eigenvalue weighted by atomic mass is 10.0. The Morgan fingerprint density at radius 3 is 1.82 bits per heavy atom. The van der Waals surface area contributed by atoms with Gasteiger partial charge in [-0.05, 0) is 62.5 Å². The minimum absolute atomic E-state index is 0.120. The topological polar surface area (TPSA) is 18.5 Å². The van der Waals surface area contributed by atoms with E-state index in [2.05, 4.69) is 81.2 Å². The van der Waals surface area contributed by atoms with Crippen LogP contribution in [0.3, 0.4) is 0 Å². The van der Waals surface area contributed by atoms with Gasteiger partial charge in [0.2, 0.25) is 0 Å². The highest BCUT2D eigenvalue weighted by molar-refractivity contribution is 6.69. The summed E-state index contributed by atoms with van der Waals surface area (Å²) >= 11 is -0.120. The maximum absolute atomic E-state index is 6.46. The summed E-state index contributed by atoms with van der Waals surface area (Å²) in [6.45, 7) is 9.78. The maximum Gasteiger partial charge on any atom is 0.357 e. The molecular weight excluding hydrogens is 535 g/mol. The summed E-state index contributed by atoms with van der Waals surface area (Å²) in [7, 11) is -1.58. The molecule has 0 spiro atoms. The van der Waals surface area contributed by atoms with E-state index in [4.69, 9.17) is 9.16 Å². The first-order valence-corrected chi connectivity index (χ1v) is 18.6. The Balaban J connectivity index is 1.68. The fourth-order valence-electron chi connectivity index (χ4n) is 3.92. The molecule has 0 saturated carbocycles. The first-order valence-electron chi connectivity index (χ1n) is 13.1. The van der Waals surface area contributed by atoms with Gasteiger partial charge >= 0.3 is 21.2 Å². The molecule has 4 heteroatoms. The fraction of sp³-hybridized carbons (Fsp3) is 0.586. The van der Waals surface area contributed by atoms with E-state index in [1.165, 1.54) is 71.3 Å². The van der Waals surface area contributed by atoms with Gasteiger partial charge in [-0.25, -0.2) is 0 Å². The lowest BCUT2D eigenvalue weighted by Gasteiger charge is -2.26. The van der Waals surface area contributed by atoms with Gasteiger partial charge in [0.15, 0.2) is 15.5 Å². The van der Waals surface area contributed by atoms with E-state index in [9.17, 15) is 0 Å². The molecule has 0 aliphatic carbocycles. The molecule has 0 bridgehead atoms. The molecule has 2 nitrogen and oxygen atoms in total. The minimum atomic E-state index is -1.58. The SMILES string of the molecule is CCCCCCCCCCCCC(COc1ccc([I+]c2ccccc2)cc1)O[Si](C)(C)C. The predicted octanol–water partition coefficient (Wildman–Crippen LogP) is 5.72. The zero-order valence-corrected chi connectivity index (χ0v) is 24.6. The molecule has 0 aliphatic heterocycles. The van der Waals surface area contributed by atoms with Crippen molar-refractivity contribution in [1.29, 1.82) is 0 Å². The van der Waals surface area contributed by atoms with Crippen LogP contribution in [0.5, 0.6) is 5.75 Å². The molecule has 1 unspecified atom stereocenters. The number of unbranched alkanes of at least 4 members (excludes halogenated alkanes) is 9. The van der Waals surface area contributed by atoms with E-state index >= 15 is 0 Å². The van der Waals surface area contributed by atoms with E-state index in [1.54, 1.807) is 0 Å². The standard InChI is InChI=1S/C29H46IO2Si/c1-5-6-7-8-9-10-11-12-13-17-20-29(32-33(2,3)4)25-31-28-23-21-27(22-24-28)30-26-18-15-14-16-19-26/h14-16,18-19,21-24,29H,5-13,17,20,25H2,1-4H3/q+1. The van der Waals surface area contributed by atoms with Crippen molar-refractivity contribution >= 4 is 8.32 Å². The smallest absolute Gasteiger partial charge is 0.357 e. The fourth-order valence-corrected chi connectivity index (χ4v) is 7.32. The van der Waals surface area contributed by atoms with E-state index < -0.39 is 8.32 Å². The number of benzene rings is 2. The summed E-state index contributed by atoms with van der Waals surface area (Å²) in [4.78, 5) is 0. The molecule has 1 atom stereocenters. The molecule has 0 aliphatic rings. The molecule has 184 valence electrons. The number of ether oxygens (including phenoxy) is 1. The van der Waals surface area contributed by atoms with Gasteiger partial charge in [-0.1, -0.05) is 89.3 Å². The van der Waals surface area contributed by atoms with Gasteiger partial charge in [0.1, 0.15) is 12.4 Å². The zero-order chi connectivity index (χ0) is 23.8. The lowest BCUT2D eigenvalue weighted by molar-refractivity contribution is -0.597. The van der Waals surface area contributed by atoms with E-state index in [-0.39, 0.29) is 27.3 Å². The number of hydrogen-bond donors (Lipinski definition) is 0. The Morgan fingerprint density at radius 1 is 0.697 bits per heavy atom. The quantitative estimate of drug-likeness (QED) is 0.127. The van der Waals surface area contributed by atoms with Crippen LogP contribution < -0.4 is 25.9 Å². The second-order valence-electron chi connectivity index (χ2n) is 9.98. The highest BCUT2D eigenvalue weighted by Crippen LogP contribution is 2.18. The molecule has 2 aromatic carbocycles. The highest BCUT2D eigenvalue weighted by atomic mass is 127. The first-order chi connectivity index (χ1) is 16.0. The summed E-state index contributed by atoms with van der Waals surface area (Å²) in [5.74, 6) is 0.961. The van der Waals surface area contributed by atoms with Crippen LogP contribution in [0.25, 0.3) is 0 Å². The van der Waals surface area contributed by atoms with Gasteiger partial charge in [0.05, 0.1) is 6.10 Å². The largest absolute Gasteiger partial charge is 0.491 e. The van der Waals surface area contributed by atoms with Crippen molar-refractivity contribution in [2.45, 2.75) is 103 Å². The van der Waals surface area contributed by atoms with Crippen LogP contribution in [0.2, 0.25) is 19.6 Å². The van der Waals surface area contributed by atoms with Crippen LogP contribution in [0, 0.1) is 7.14 Å². The Morgan fingerprint density at radius 2 is 1.24 bits per heavy atom. The minimum Gasteiger partial charge on any atom is -0.491 e. The van der Waals surface area contributed by atoms with Crippen molar-refractivity contribution in [3.8, 4) is 5.75 Å². The number of hydrogen-bond acceptors (Lipinski definition) is 2. The Bertz CT molecular complexity index is 728. The van der Waals surface area contributed by atoms with E-state index in [0.717, 1.165) is 12.2 Å². The average Bonchev–Trinajstić information content (AvgIpc) is 2.79. The summed E-state index contributed by atoms with van der Waals surface area (Å²) in [5.41, 5.74) is 0. The van der Waals surface area contributed by atoms with Gasteiger partial charge < -0.3 is 9.16 Å². The first kappa shape index (κ1) is 28.4. The van der Waals surface area contributed by atoms with Crippen LogP contribution >= 0.6 is 0 Å². The van der Waals surface area contributed by atoms with Crippen molar-refractivity contribution < 1.29 is 30.4 Å². The summed E-state index contributed by atoms with van der Waals surface area (Å²) in [6.07, 6.45) is 15.0. The molecule has 0 aromatic heterocycles. The zero-order valence-electron chi connectivity index (χ0n) is 21.5. The normalized spacial score (nSPS) is 12.6. The highest BCUT2D eigenvalue weighted by Gasteiger charge is 2.22. The molecule has 33 heavy (non-hydrogen) atoms. The van der Waals surface area contributed by atoms with Crippen molar-refractivity contribution in [3.05, 3.63) is 61.7 Å². The molecule has 0 heterocycles. The van der Waals surface area contributed by atoms with Gasteiger partial charge in [0.25, 0.3) is 0 Å². The Labute approximate surface area is 215 Å². The van der Waals surface area contributed by atoms with Crippen molar-refractivity contribution in [2.75, 3.05) is 6.61 Å². The lowest BCUT2D eigenvalue weighted by Crippen LogP contribution is -3.61. The van der Waals surface area contributed by atoms with E-state index in [1.807, 2.05) is 0 Å². The van der Waals surface area contributed by atoms with Crippen LogP contribution in [0.15, 0.2) is 54.6 Å². The van der Waals surface area contributed by atoms with Crippen LogP contribution in [0.1, 0.15) is 77.6 Å². The molecule has 0 amide bonds. The second-order valence-corrected chi connectivity index (χ2v) is 17.5. The molecule has 0 radical (unpaired) electrons. The molecule has 0 saturated heterocycles. The van der Waals surface area contributed by atoms with E-state index in [0.29, 0.717) is 6.61 Å². The third-order valence-corrected chi connectivity index (χ3v) is 9.33. The number of halogens is 1. The summed E-state index contributed by atoms with van der Waals surface area (Å²) in [6, 6.07) is 19.5. The third kappa shape index (κ3) is 14.2. The third-order valence-electron chi connectivity index (χ3n) is 5.60. The molecular formula is C29H46IO2Si+. The maximum atomic E-state index is 6.46. The van der Waals surface area contributed by atoms with Gasteiger partial charge in [-0.2, -0.15) is 0 Å².